The molecule has 1 saturated heterocycles. The number of pyridine rings is 1. The Kier molecular flexibility index (Phi) is 4.08. The molecule has 1 amide bonds. The van der Waals surface area contributed by atoms with E-state index in [9.17, 15) is 14.9 Å². The third-order valence-corrected chi connectivity index (χ3v) is 4.74. The maximum absolute atomic E-state index is 12.9. The van der Waals surface area contributed by atoms with E-state index in [1.807, 2.05) is 28.8 Å². The summed E-state index contributed by atoms with van der Waals surface area (Å²) in [6, 6.07) is 11.9. The van der Waals surface area contributed by atoms with Gasteiger partial charge in [-0.15, -0.1) is 10.2 Å². The Morgan fingerprint density at radius 2 is 2.00 bits per heavy atom. The van der Waals surface area contributed by atoms with Gasteiger partial charge in [0, 0.05) is 24.4 Å². The number of benzene rings is 1. The quantitative estimate of drug-likeness (QED) is 0.532. The van der Waals surface area contributed by atoms with Crippen molar-refractivity contribution in [3.63, 3.8) is 0 Å². The van der Waals surface area contributed by atoms with Gasteiger partial charge in [0.1, 0.15) is 0 Å². The van der Waals surface area contributed by atoms with Gasteiger partial charge in [0.2, 0.25) is 5.91 Å². The second-order valence-corrected chi connectivity index (χ2v) is 6.29. The fourth-order valence-corrected chi connectivity index (χ4v) is 3.52. The zero-order chi connectivity index (χ0) is 18.1. The van der Waals surface area contributed by atoms with Crippen molar-refractivity contribution in [2.45, 2.75) is 25.3 Å². The molecule has 26 heavy (non-hydrogen) atoms. The van der Waals surface area contributed by atoms with Crippen LogP contribution >= 0.6 is 0 Å². The lowest BCUT2D eigenvalue weighted by molar-refractivity contribution is -0.385. The zero-order valence-electron chi connectivity index (χ0n) is 14.0. The van der Waals surface area contributed by atoms with Crippen LogP contribution in [0.3, 0.4) is 0 Å². The first-order valence-electron chi connectivity index (χ1n) is 8.46. The SMILES string of the molecule is O=C(Cc1ccccc1[N+](=O)[O-])N1CCC[C@H]1c1nnc2ccccn12. The molecule has 0 radical (unpaired) electrons. The lowest BCUT2D eigenvalue weighted by Crippen LogP contribution is -2.32. The van der Waals surface area contributed by atoms with Crippen LogP contribution in [0, 0.1) is 10.1 Å². The minimum atomic E-state index is -0.448. The van der Waals surface area contributed by atoms with E-state index in [-0.39, 0.29) is 24.1 Å². The maximum Gasteiger partial charge on any atom is 0.273 e. The van der Waals surface area contributed by atoms with Gasteiger partial charge in [0.25, 0.3) is 5.69 Å². The number of nitro benzene ring substituents is 1. The van der Waals surface area contributed by atoms with E-state index in [1.54, 1.807) is 23.1 Å². The van der Waals surface area contributed by atoms with Crippen LogP contribution < -0.4 is 0 Å². The van der Waals surface area contributed by atoms with Crippen molar-refractivity contribution in [3.8, 4) is 0 Å². The standard InChI is InChI=1S/C18H17N5O3/c24-17(12-13-6-1-2-7-14(13)23(25)26)21-11-5-8-15(21)18-20-19-16-9-3-4-10-22(16)18/h1-4,6-7,9-10,15H,5,8,11-12H2/t15-/m0/s1. The average molecular weight is 351 g/mol. The van der Waals surface area contributed by atoms with Crippen LogP contribution in [0.15, 0.2) is 48.7 Å². The number of para-hydroxylation sites is 1. The third-order valence-electron chi connectivity index (χ3n) is 4.74. The normalized spacial score (nSPS) is 16.9. The summed E-state index contributed by atoms with van der Waals surface area (Å²) in [4.78, 5) is 25.4. The summed E-state index contributed by atoms with van der Waals surface area (Å²) in [5.41, 5.74) is 1.14. The summed E-state index contributed by atoms with van der Waals surface area (Å²) in [6.45, 7) is 0.617. The van der Waals surface area contributed by atoms with Crippen LogP contribution in [0.2, 0.25) is 0 Å². The highest BCUT2D eigenvalue weighted by Gasteiger charge is 2.33. The van der Waals surface area contributed by atoms with E-state index in [0.717, 1.165) is 24.3 Å². The van der Waals surface area contributed by atoms with Gasteiger partial charge in [-0.25, -0.2) is 0 Å². The molecule has 3 heterocycles. The third kappa shape index (κ3) is 2.79. The van der Waals surface area contributed by atoms with E-state index < -0.39 is 4.92 Å². The van der Waals surface area contributed by atoms with Gasteiger partial charge in [-0.1, -0.05) is 24.3 Å². The molecule has 3 aromatic rings. The predicted molar refractivity (Wildman–Crippen MR) is 93.5 cm³/mol. The van der Waals surface area contributed by atoms with E-state index in [2.05, 4.69) is 10.2 Å². The molecule has 1 aliphatic heterocycles. The molecule has 1 fully saturated rings. The molecule has 1 aliphatic rings. The van der Waals surface area contributed by atoms with Crippen LogP contribution in [0.4, 0.5) is 5.69 Å². The van der Waals surface area contributed by atoms with E-state index >= 15 is 0 Å². The monoisotopic (exact) mass is 351 g/mol. The highest BCUT2D eigenvalue weighted by atomic mass is 16.6. The number of carbonyl (C=O) groups is 1. The molecule has 132 valence electrons. The molecule has 0 N–H and O–H groups in total. The molecule has 0 unspecified atom stereocenters. The van der Waals surface area contributed by atoms with Crippen LogP contribution in [0.25, 0.3) is 5.65 Å². The van der Waals surface area contributed by atoms with Crippen molar-refractivity contribution in [2.75, 3.05) is 6.54 Å². The van der Waals surface area contributed by atoms with Gasteiger partial charge in [0.15, 0.2) is 11.5 Å². The average Bonchev–Trinajstić information content (AvgIpc) is 3.28. The molecule has 0 spiro atoms. The van der Waals surface area contributed by atoms with Crippen molar-refractivity contribution >= 4 is 17.2 Å². The Morgan fingerprint density at radius 1 is 1.19 bits per heavy atom. The molecular formula is C18H17N5O3. The van der Waals surface area contributed by atoms with Gasteiger partial charge in [-0.3, -0.25) is 19.3 Å². The molecule has 8 heteroatoms. The Morgan fingerprint density at radius 3 is 2.85 bits per heavy atom. The number of hydrogen-bond acceptors (Lipinski definition) is 5. The van der Waals surface area contributed by atoms with Crippen molar-refractivity contribution < 1.29 is 9.72 Å². The van der Waals surface area contributed by atoms with Gasteiger partial charge in [-0.2, -0.15) is 0 Å². The first-order chi connectivity index (χ1) is 12.6. The second kappa shape index (κ2) is 6.55. The van der Waals surface area contributed by atoms with E-state index in [1.165, 1.54) is 6.07 Å². The number of rotatable bonds is 4. The van der Waals surface area contributed by atoms with Crippen LogP contribution in [0.1, 0.15) is 30.3 Å². The van der Waals surface area contributed by atoms with E-state index in [0.29, 0.717) is 12.1 Å². The fourth-order valence-electron chi connectivity index (χ4n) is 3.52. The first-order valence-corrected chi connectivity index (χ1v) is 8.46. The minimum Gasteiger partial charge on any atom is -0.332 e. The molecule has 2 aromatic heterocycles. The highest BCUT2D eigenvalue weighted by Crippen LogP contribution is 2.32. The number of hydrogen-bond donors (Lipinski definition) is 0. The number of amides is 1. The van der Waals surface area contributed by atoms with Crippen LogP contribution in [-0.4, -0.2) is 36.9 Å². The van der Waals surface area contributed by atoms with Gasteiger partial charge >= 0.3 is 0 Å². The summed E-state index contributed by atoms with van der Waals surface area (Å²) in [7, 11) is 0. The smallest absolute Gasteiger partial charge is 0.273 e. The molecule has 4 rings (SSSR count). The van der Waals surface area contributed by atoms with Gasteiger partial charge in [-0.05, 0) is 25.0 Å². The van der Waals surface area contributed by atoms with Crippen molar-refractivity contribution in [1.82, 2.24) is 19.5 Å². The second-order valence-electron chi connectivity index (χ2n) is 6.29. The molecule has 8 nitrogen and oxygen atoms in total. The minimum absolute atomic E-state index is 0.00435. The first kappa shape index (κ1) is 16.2. The zero-order valence-corrected chi connectivity index (χ0v) is 14.0. The lowest BCUT2D eigenvalue weighted by Gasteiger charge is -2.23. The molecule has 1 aromatic carbocycles. The predicted octanol–water partition coefficient (Wildman–Crippen LogP) is 2.54. The number of likely N-dealkylation sites (tertiary alicyclic amines) is 1. The Labute approximate surface area is 149 Å². The number of carbonyl (C=O) groups excluding carboxylic acids is 1. The Hall–Kier alpha value is -3.29. The molecule has 0 aliphatic carbocycles. The summed E-state index contributed by atoms with van der Waals surface area (Å²) in [5, 5.41) is 19.6. The summed E-state index contributed by atoms with van der Waals surface area (Å²) < 4.78 is 1.89. The topological polar surface area (TPSA) is 93.6 Å². The summed E-state index contributed by atoms with van der Waals surface area (Å²) in [5.74, 6) is 0.600. The summed E-state index contributed by atoms with van der Waals surface area (Å²) in [6.07, 6.45) is 3.56. The molecule has 1 atom stereocenters. The molecule has 0 saturated carbocycles. The summed E-state index contributed by atoms with van der Waals surface area (Å²) >= 11 is 0. The number of aromatic nitrogens is 3. The molecule has 0 bridgehead atoms. The number of nitro groups is 1. The highest BCUT2D eigenvalue weighted by molar-refractivity contribution is 5.80. The van der Waals surface area contributed by atoms with Gasteiger partial charge in [0.05, 0.1) is 17.4 Å². The van der Waals surface area contributed by atoms with E-state index in [4.69, 9.17) is 0 Å². The maximum atomic E-state index is 12.9. The van der Waals surface area contributed by atoms with Crippen molar-refractivity contribution in [3.05, 3.63) is 70.2 Å². The van der Waals surface area contributed by atoms with Gasteiger partial charge < -0.3 is 4.90 Å². The van der Waals surface area contributed by atoms with Crippen molar-refractivity contribution in [1.29, 1.82) is 0 Å². The molecular weight excluding hydrogens is 334 g/mol. The largest absolute Gasteiger partial charge is 0.332 e. The van der Waals surface area contributed by atoms with Crippen LogP contribution in [-0.2, 0) is 11.2 Å². The lowest BCUT2D eigenvalue weighted by atomic mass is 10.1. The fraction of sp³-hybridized carbons (Fsp3) is 0.278. The Balaban J connectivity index is 1.61. The number of fused-ring (bicyclic) bond motifs is 1. The Bertz CT molecular complexity index is 984. The van der Waals surface area contributed by atoms with Crippen LogP contribution in [0.5, 0.6) is 0 Å². The number of nitrogens with zero attached hydrogens (tertiary/aromatic N) is 5. The van der Waals surface area contributed by atoms with Crippen molar-refractivity contribution in [2.24, 2.45) is 0 Å².